The first-order valence-corrected chi connectivity index (χ1v) is 9.22. The molecule has 8 heteroatoms. The number of benzene rings is 2. The van der Waals surface area contributed by atoms with Crippen LogP contribution in [0.15, 0.2) is 69.8 Å². The Balaban J connectivity index is 1.77. The molecule has 1 heterocycles. The van der Waals surface area contributed by atoms with Crippen molar-refractivity contribution in [2.24, 2.45) is 0 Å². The van der Waals surface area contributed by atoms with E-state index in [0.29, 0.717) is 16.3 Å². The van der Waals surface area contributed by atoms with Crippen molar-refractivity contribution in [2.45, 2.75) is 9.79 Å². The smallest absolute Gasteiger partial charge is 0.269 e. The lowest BCUT2D eigenvalue weighted by atomic mass is 10.3. The van der Waals surface area contributed by atoms with E-state index in [-0.39, 0.29) is 11.6 Å². The molecular weight excluding hydrogens is 372 g/mol. The molecule has 1 aromatic heterocycles. The van der Waals surface area contributed by atoms with Gasteiger partial charge in [-0.3, -0.25) is 14.9 Å². The molecule has 0 saturated carbocycles. The van der Waals surface area contributed by atoms with E-state index >= 15 is 0 Å². The summed E-state index contributed by atoms with van der Waals surface area (Å²) in [5.74, 6) is 0.357. The van der Waals surface area contributed by atoms with Gasteiger partial charge < -0.3 is 10.1 Å². The summed E-state index contributed by atoms with van der Waals surface area (Å²) < 4.78 is 5.25. The molecular formula is C18H14N2O4S2. The number of amides is 1. The molecule has 0 fully saturated rings. The Bertz CT molecular complexity index is 938. The van der Waals surface area contributed by atoms with Crippen LogP contribution in [0.4, 0.5) is 11.4 Å². The van der Waals surface area contributed by atoms with Gasteiger partial charge in [-0.1, -0.05) is 23.9 Å². The lowest BCUT2D eigenvalue weighted by molar-refractivity contribution is -0.384. The van der Waals surface area contributed by atoms with E-state index in [2.05, 4.69) is 5.32 Å². The second-order valence-electron chi connectivity index (χ2n) is 5.12. The summed E-state index contributed by atoms with van der Waals surface area (Å²) in [7, 11) is 1.55. The maximum absolute atomic E-state index is 12.6. The molecule has 0 saturated heterocycles. The highest BCUT2D eigenvalue weighted by molar-refractivity contribution is 7.99. The van der Waals surface area contributed by atoms with E-state index in [1.165, 1.54) is 35.2 Å². The molecule has 2 aromatic carbocycles. The third kappa shape index (κ3) is 4.04. The van der Waals surface area contributed by atoms with Crippen molar-refractivity contribution < 1.29 is 14.5 Å². The molecule has 0 aliphatic carbocycles. The minimum atomic E-state index is -0.439. The summed E-state index contributed by atoms with van der Waals surface area (Å²) in [4.78, 5) is 25.1. The van der Waals surface area contributed by atoms with Crippen LogP contribution in [0.3, 0.4) is 0 Å². The summed E-state index contributed by atoms with van der Waals surface area (Å²) in [6, 6.07) is 15.3. The summed E-state index contributed by atoms with van der Waals surface area (Å²) in [5, 5.41) is 15.4. The van der Waals surface area contributed by atoms with E-state index in [9.17, 15) is 14.9 Å². The van der Waals surface area contributed by atoms with Crippen LogP contribution in [0.2, 0.25) is 0 Å². The number of nitro benzene ring substituents is 1. The predicted octanol–water partition coefficient (Wildman–Crippen LogP) is 5.07. The highest BCUT2D eigenvalue weighted by Crippen LogP contribution is 2.35. The van der Waals surface area contributed by atoms with Crippen LogP contribution in [-0.4, -0.2) is 17.9 Å². The Morgan fingerprint density at radius 2 is 1.88 bits per heavy atom. The highest BCUT2D eigenvalue weighted by Gasteiger charge is 2.16. The van der Waals surface area contributed by atoms with Gasteiger partial charge in [0.15, 0.2) is 0 Å². The van der Waals surface area contributed by atoms with Gasteiger partial charge in [-0.15, -0.1) is 11.3 Å². The number of rotatable bonds is 6. The fourth-order valence-corrected chi connectivity index (χ4v) is 4.12. The van der Waals surface area contributed by atoms with Crippen LogP contribution in [-0.2, 0) is 0 Å². The van der Waals surface area contributed by atoms with E-state index in [0.717, 1.165) is 9.79 Å². The average molecular weight is 386 g/mol. The molecule has 0 atom stereocenters. The van der Waals surface area contributed by atoms with Gasteiger partial charge in [0.1, 0.15) is 10.6 Å². The van der Waals surface area contributed by atoms with Crippen molar-refractivity contribution in [3.05, 3.63) is 75.0 Å². The van der Waals surface area contributed by atoms with Gasteiger partial charge in [0, 0.05) is 21.9 Å². The van der Waals surface area contributed by atoms with Gasteiger partial charge in [-0.2, -0.15) is 0 Å². The number of nitro groups is 1. The van der Waals surface area contributed by atoms with Crippen molar-refractivity contribution in [1.82, 2.24) is 0 Å². The largest absolute Gasteiger partial charge is 0.495 e. The molecule has 0 unspecified atom stereocenters. The Morgan fingerprint density at radius 3 is 2.58 bits per heavy atom. The Labute approximate surface area is 158 Å². The second-order valence-corrected chi connectivity index (χ2v) is 7.15. The van der Waals surface area contributed by atoms with Crippen LogP contribution in [0.5, 0.6) is 5.75 Å². The van der Waals surface area contributed by atoms with Crippen molar-refractivity contribution in [3.8, 4) is 5.75 Å². The number of ether oxygens (including phenoxy) is 1. The van der Waals surface area contributed by atoms with Crippen LogP contribution < -0.4 is 10.1 Å². The summed E-state index contributed by atoms with van der Waals surface area (Å²) in [5.41, 5.74) is 0.633. The normalized spacial score (nSPS) is 10.3. The van der Waals surface area contributed by atoms with Gasteiger partial charge in [-0.25, -0.2) is 0 Å². The number of carbonyl (C=O) groups excluding carboxylic acids is 1. The molecule has 3 aromatic rings. The Morgan fingerprint density at radius 1 is 1.15 bits per heavy atom. The maximum atomic E-state index is 12.6. The average Bonchev–Trinajstić information content (AvgIpc) is 3.11. The third-order valence-electron chi connectivity index (χ3n) is 3.47. The molecule has 1 N–H and O–H groups in total. The molecule has 0 bridgehead atoms. The number of para-hydroxylation sites is 2. The molecule has 0 radical (unpaired) electrons. The molecule has 0 aliphatic rings. The predicted molar refractivity (Wildman–Crippen MR) is 102 cm³/mol. The number of carbonyl (C=O) groups is 1. The first-order chi connectivity index (χ1) is 12.6. The fraction of sp³-hybridized carbons (Fsp3) is 0.0556. The van der Waals surface area contributed by atoms with Crippen LogP contribution in [0.25, 0.3) is 0 Å². The number of anilines is 1. The van der Waals surface area contributed by atoms with Gasteiger partial charge in [0.05, 0.1) is 17.7 Å². The first kappa shape index (κ1) is 18.0. The van der Waals surface area contributed by atoms with Gasteiger partial charge in [0.2, 0.25) is 0 Å². The van der Waals surface area contributed by atoms with E-state index < -0.39 is 4.92 Å². The Kier molecular flexibility index (Phi) is 5.55. The fourth-order valence-electron chi connectivity index (χ4n) is 2.23. The molecule has 3 rings (SSSR count). The van der Waals surface area contributed by atoms with Crippen molar-refractivity contribution in [2.75, 3.05) is 12.4 Å². The summed E-state index contributed by atoms with van der Waals surface area (Å²) >= 11 is 2.72. The molecule has 1 amide bonds. The SMILES string of the molecule is COc1ccccc1NC(=O)c1sccc1Sc1ccc([N+](=O)[O-])cc1. The Hall–Kier alpha value is -2.84. The zero-order valence-electron chi connectivity index (χ0n) is 13.7. The lowest BCUT2D eigenvalue weighted by Gasteiger charge is -2.10. The number of non-ortho nitro benzene ring substituents is 1. The monoisotopic (exact) mass is 386 g/mol. The van der Waals surface area contributed by atoms with E-state index in [1.807, 2.05) is 23.6 Å². The molecule has 26 heavy (non-hydrogen) atoms. The van der Waals surface area contributed by atoms with Crippen molar-refractivity contribution >= 4 is 40.4 Å². The quantitative estimate of drug-likeness (QED) is 0.472. The minimum absolute atomic E-state index is 0.0359. The zero-order valence-corrected chi connectivity index (χ0v) is 15.3. The topological polar surface area (TPSA) is 81.5 Å². The standard InChI is InChI=1S/C18H14N2O4S2/c1-24-15-5-3-2-4-14(15)19-18(21)17-16(10-11-25-17)26-13-8-6-12(7-9-13)20(22)23/h2-11H,1H3,(H,19,21). The zero-order chi connectivity index (χ0) is 18.5. The van der Waals surface area contributed by atoms with Crippen LogP contribution in [0, 0.1) is 10.1 Å². The molecule has 0 spiro atoms. The second kappa shape index (κ2) is 8.03. The van der Waals surface area contributed by atoms with Crippen molar-refractivity contribution in [3.63, 3.8) is 0 Å². The number of methoxy groups -OCH3 is 1. The minimum Gasteiger partial charge on any atom is -0.495 e. The summed E-state index contributed by atoms with van der Waals surface area (Å²) in [6.07, 6.45) is 0. The third-order valence-corrected chi connectivity index (χ3v) is 5.58. The first-order valence-electron chi connectivity index (χ1n) is 7.52. The van der Waals surface area contributed by atoms with Gasteiger partial charge in [-0.05, 0) is 35.7 Å². The number of nitrogens with one attached hydrogen (secondary N) is 1. The lowest BCUT2D eigenvalue weighted by Crippen LogP contribution is -2.11. The van der Waals surface area contributed by atoms with Crippen LogP contribution >= 0.6 is 23.1 Å². The van der Waals surface area contributed by atoms with Crippen LogP contribution in [0.1, 0.15) is 9.67 Å². The van der Waals surface area contributed by atoms with Gasteiger partial charge >= 0.3 is 0 Å². The summed E-state index contributed by atoms with van der Waals surface area (Å²) in [6.45, 7) is 0. The maximum Gasteiger partial charge on any atom is 0.269 e. The number of hydrogen-bond donors (Lipinski definition) is 1. The highest BCUT2D eigenvalue weighted by atomic mass is 32.2. The molecule has 6 nitrogen and oxygen atoms in total. The van der Waals surface area contributed by atoms with E-state index in [4.69, 9.17) is 4.74 Å². The number of nitrogens with zero attached hydrogens (tertiary/aromatic N) is 1. The number of thiophene rings is 1. The van der Waals surface area contributed by atoms with Crippen molar-refractivity contribution in [1.29, 1.82) is 0 Å². The van der Waals surface area contributed by atoms with E-state index in [1.54, 1.807) is 31.4 Å². The number of hydrogen-bond acceptors (Lipinski definition) is 6. The van der Waals surface area contributed by atoms with Gasteiger partial charge in [0.25, 0.3) is 11.6 Å². The molecule has 0 aliphatic heterocycles. The molecule has 132 valence electrons.